The van der Waals surface area contributed by atoms with Crippen LogP contribution in [0.4, 0.5) is 0 Å². The van der Waals surface area contributed by atoms with Crippen LogP contribution in [0.5, 0.6) is 0 Å². The van der Waals surface area contributed by atoms with Gasteiger partial charge in [0.25, 0.3) is 0 Å². The normalized spacial score (nSPS) is 12.1. The zero-order valence-electron chi connectivity index (χ0n) is 8.69. The van der Waals surface area contributed by atoms with E-state index in [0.29, 0.717) is 0 Å². The summed E-state index contributed by atoms with van der Waals surface area (Å²) in [5.41, 5.74) is 0.0930. The molecular formula is C10H18SeSi. The Morgan fingerprint density at radius 2 is 1.83 bits per heavy atom. The molecule has 0 rings (SSSR count). The molecule has 0 unspecified atom stereocenters. The Morgan fingerprint density at radius 3 is 1.92 bits per heavy atom. The van der Waals surface area contributed by atoms with E-state index in [-0.39, 0.29) is 5.41 Å². The molecule has 0 radical (unpaired) electrons. The minimum atomic E-state index is -1.24. The van der Waals surface area contributed by atoms with E-state index >= 15 is 0 Å². The maximum absolute atomic E-state index is 3.86. The molecule has 0 amide bonds. The minimum absolute atomic E-state index is 0.0930. The quantitative estimate of drug-likeness (QED) is 0.529. The molecule has 0 saturated carbocycles. The molecule has 0 aromatic heterocycles. The van der Waals surface area contributed by atoms with Gasteiger partial charge < -0.3 is 0 Å². The van der Waals surface area contributed by atoms with Gasteiger partial charge >= 0.3 is 85.0 Å². The fraction of sp³-hybridized carbons (Fsp3) is 0.600. The molecule has 2 heteroatoms. The second-order valence-electron chi connectivity index (χ2n) is 4.65. The van der Waals surface area contributed by atoms with Gasteiger partial charge in [-0.2, -0.15) is 0 Å². The molecule has 12 heavy (non-hydrogen) atoms. The van der Waals surface area contributed by atoms with Crippen LogP contribution in [0.2, 0.25) is 19.6 Å². The molecule has 68 valence electrons. The molecule has 0 atom stereocenters. The Bertz CT molecular complexity index is 227. The molecule has 0 aliphatic heterocycles. The second-order valence-corrected chi connectivity index (χ2v) is 10.1. The number of rotatable bonds is 3. The first-order valence-corrected chi connectivity index (χ1v) is 8.51. The van der Waals surface area contributed by atoms with Crippen molar-refractivity contribution in [1.29, 1.82) is 0 Å². The molecule has 0 heterocycles. The standard InChI is InChI=1S/C10H18SeSi/c1-7-10(2,3)9(8-11)12(4,5)6/h7H,1H2,2-6H3. The summed E-state index contributed by atoms with van der Waals surface area (Å²) in [5, 5.41) is 1.41. The van der Waals surface area contributed by atoms with Crippen molar-refractivity contribution < 1.29 is 0 Å². The van der Waals surface area contributed by atoms with Crippen LogP contribution in [-0.4, -0.2) is 28.2 Å². The summed E-state index contributed by atoms with van der Waals surface area (Å²) in [6, 6.07) is 0. The average Bonchev–Trinajstić information content (AvgIpc) is 1.85. The Kier molecular flexibility index (Phi) is 3.93. The van der Waals surface area contributed by atoms with Gasteiger partial charge in [-0.3, -0.25) is 0 Å². The predicted octanol–water partition coefficient (Wildman–Crippen LogP) is 2.57. The molecular weight excluding hydrogens is 227 g/mol. The summed E-state index contributed by atoms with van der Waals surface area (Å²) in [6.45, 7) is 15.2. The van der Waals surface area contributed by atoms with Gasteiger partial charge in [0.05, 0.1) is 0 Å². The van der Waals surface area contributed by atoms with E-state index in [9.17, 15) is 0 Å². The average molecular weight is 245 g/mol. The Labute approximate surface area is 85.1 Å². The van der Waals surface area contributed by atoms with Gasteiger partial charge in [-0.25, -0.2) is 0 Å². The summed E-state index contributed by atoms with van der Waals surface area (Å²) in [4.78, 5) is 0. The van der Waals surface area contributed by atoms with Crippen molar-refractivity contribution >= 4 is 28.2 Å². The number of hydrogen-bond acceptors (Lipinski definition) is 0. The van der Waals surface area contributed by atoms with Crippen LogP contribution < -0.4 is 0 Å². The molecule has 0 aliphatic carbocycles. The zero-order valence-corrected chi connectivity index (χ0v) is 11.4. The first-order valence-electron chi connectivity index (χ1n) is 4.15. The Balaban J connectivity index is 5.11. The van der Waals surface area contributed by atoms with Crippen molar-refractivity contribution in [3.8, 4) is 0 Å². The van der Waals surface area contributed by atoms with Crippen molar-refractivity contribution in [1.82, 2.24) is 0 Å². The maximum atomic E-state index is 3.86. The number of allylic oxidation sites excluding steroid dienone is 2. The summed E-state index contributed by atoms with van der Waals surface area (Å²) >= 11 is 2.89. The van der Waals surface area contributed by atoms with Crippen LogP contribution in [0.15, 0.2) is 17.9 Å². The van der Waals surface area contributed by atoms with Crippen LogP contribution in [0.1, 0.15) is 13.8 Å². The summed E-state index contributed by atoms with van der Waals surface area (Å²) in [6.07, 6.45) is 2.00. The van der Waals surface area contributed by atoms with Crippen molar-refractivity contribution in [3.63, 3.8) is 0 Å². The molecule has 0 nitrogen and oxygen atoms in total. The molecule has 0 fully saturated rings. The molecule has 0 N–H and O–H groups in total. The third-order valence-corrected chi connectivity index (χ3v) is 5.11. The molecule has 0 bridgehead atoms. The summed E-state index contributed by atoms with van der Waals surface area (Å²) in [5.74, 6) is 0. The molecule has 0 spiro atoms. The van der Waals surface area contributed by atoms with Crippen molar-refractivity contribution in [3.05, 3.63) is 17.9 Å². The van der Waals surface area contributed by atoms with Crippen molar-refractivity contribution in [2.75, 3.05) is 0 Å². The van der Waals surface area contributed by atoms with E-state index in [2.05, 4.69) is 60.2 Å². The second kappa shape index (κ2) is 3.89. The number of hydrogen-bond donors (Lipinski definition) is 0. The third-order valence-electron chi connectivity index (χ3n) is 2.01. The van der Waals surface area contributed by atoms with Gasteiger partial charge in [-0.05, 0) is 0 Å². The van der Waals surface area contributed by atoms with E-state index in [0.717, 1.165) is 0 Å². The summed E-state index contributed by atoms with van der Waals surface area (Å²) in [7, 11) is -1.24. The zero-order chi connectivity index (χ0) is 9.99. The van der Waals surface area contributed by atoms with Gasteiger partial charge in [0.15, 0.2) is 0 Å². The molecule has 0 aromatic carbocycles. The van der Waals surface area contributed by atoms with Gasteiger partial charge in [0, 0.05) is 0 Å². The van der Waals surface area contributed by atoms with Gasteiger partial charge in [0.1, 0.15) is 0 Å². The van der Waals surface area contributed by atoms with E-state index in [1.165, 1.54) is 5.20 Å². The first-order chi connectivity index (χ1) is 5.25. The van der Waals surface area contributed by atoms with Gasteiger partial charge in [-0.15, -0.1) is 0 Å². The topological polar surface area (TPSA) is 0 Å². The third kappa shape index (κ3) is 2.88. The van der Waals surface area contributed by atoms with E-state index in [1.807, 2.05) is 6.08 Å². The molecule has 0 saturated heterocycles. The van der Waals surface area contributed by atoms with Crippen LogP contribution in [0, 0.1) is 5.41 Å². The summed E-state index contributed by atoms with van der Waals surface area (Å²) < 4.78 is 3.22. The van der Waals surface area contributed by atoms with Crippen molar-refractivity contribution in [2.24, 2.45) is 5.41 Å². The molecule has 0 aliphatic rings. The van der Waals surface area contributed by atoms with Crippen LogP contribution in [-0.2, 0) is 0 Å². The predicted molar refractivity (Wildman–Crippen MR) is 61.6 cm³/mol. The molecule has 0 aromatic rings. The van der Waals surface area contributed by atoms with Crippen molar-refractivity contribution in [2.45, 2.75) is 33.5 Å². The van der Waals surface area contributed by atoms with E-state index in [4.69, 9.17) is 0 Å². The van der Waals surface area contributed by atoms with Crippen LogP contribution in [0.25, 0.3) is 0 Å². The Hall–Kier alpha value is 0.126. The van der Waals surface area contributed by atoms with E-state index < -0.39 is 8.07 Å². The fourth-order valence-electron chi connectivity index (χ4n) is 1.35. The van der Waals surface area contributed by atoms with Gasteiger partial charge in [0.2, 0.25) is 0 Å². The van der Waals surface area contributed by atoms with Crippen LogP contribution >= 0.6 is 0 Å². The Morgan fingerprint density at radius 1 is 1.42 bits per heavy atom. The monoisotopic (exact) mass is 246 g/mol. The fourth-order valence-corrected chi connectivity index (χ4v) is 6.17. The van der Waals surface area contributed by atoms with Crippen LogP contribution in [0.3, 0.4) is 0 Å². The SMILES string of the molecule is C=CC(C)(C)C(=C=[Se])[Si](C)(C)C. The van der Waals surface area contributed by atoms with Gasteiger partial charge in [-0.1, -0.05) is 0 Å². The van der Waals surface area contributed by atoms with E-state index in [1.54, 1.807) is 0 Å². The first kappa shape index (κ1) is 12.1.